The normalized spacial score (nSPS) is 33.4. The lowest BCUT2D eigenvalue weighted by Gasteiger charge is -2.55. The van der Waals surface area contributed by atoms with Gasteiger partial charge in [-0.2, -0.15) is 0 Å². The second-order valence-electron chi connectivity index (χ2n) is 6.14. The van der Waals surface area contributed by atoms with Crippen LogP contribution in [0.5, 0.6) is 5.75 Å². The van der Waals surface area contributed by atoms with Crippen LogP contribution in [-0.4, -0.2) is 29.6 Å². The average Bonchev–Trinajstić information content (AvgIpc) is 2.36. The molecule has 1 fully saturated rings. The van der Waals surface area contributed by atoms with Crippen LogP contribution in [0.2, 0.25) is 0 Å². The van der Waals surface area contributed by atoms with E-state index in [4.69, 9.17) is 0 Å². The van der Waals surface area contributed by atoms with Crippen LogP contribution in [0.15, 0.2) is 18.2 Å². The Hall–Kier alpha value is -0.730. The highest BCUT2D eigenvalue weighted by atomic mass is 35.5. The summed E-state index contributed by atoms with van der Waals surface area (Å²) in [7, 11) is 2.26. The lowest BCUT2D eigenvalue weighted by atomic mass is 9.57. The summed E-state index contributed by atoms with van der Waals surface area (Å²) in [4.78, 5) is 2.52. The summed E-state index contributed by atoms with van der Waals surface area (Å²) < 4.78 is 0. The Kier molecular flexibility index (Phi) is 3.85. The minimum atomic E-state index is 0. The molecule has 1 aliphatic heterocycles. The van der Waals surface area contributed by atoms with Crippen molar-refractivity contribution in [1.82, 2.24) is 4.90 Å². The molecule has 1 N–H and O–H groups in total. The Bertz CT molecular complexity index is 476. The van der Waals surface area contributed by atoms with Crippen molar-refractivity contribution in [2.75, 3.05) is 13.6 Å². The van der Waals surface area contributed by atoms with Gasteiger partial charge in [0.15, 0.2) is 0 Å². The van der Waals surface area contributed by atoms with Crippen LogP contribution in [0.4, 0.5) is 0 Å². The number of nitrogens with zero attached hydrogens (tertiary/aromatic N) is 1. The van der Waals surface area contributed by atoms with Gasteiger partial charge in [0, 0.05) is 11.5 Å². The van der Waals surface area contributed by atoms with Gasteiger partial charge in [0.1, 0.15) is 5.75 Å². The summed E-state index contributed by atoms with van der Waals surface area (Å²) in [5, 5.41) is 9.82. The van der Waals surface area contributed by atoms with E-state index >= 15 is 0 Å². The molecule has 3 atom stereocenters. The number of hydrogen-bond acceptors (Lipinski definition) is 2. The third kappa shape index (κ3) is 1.96. The van der Waals surface area contributed by atoms with E-state index in [1.165, 1.54) is 30.5 Å². The predicted molar refractivity (Wildman–Crippen MR) is 81.2 cm³/mol. The zero-order valence-corrected chi connectivity index (χ0v) is 12.8. The summed E-state index contributed by atoms with van der Waals surface area (Å²) in [6.45, 7) is 5.88. The number of benzene rings is 1. The molecular formula is C16H24ClNO. The van der Waals surface area contributed by atoms with Gasteiger partial charge < -0.3 is 10.0 Å². The minimum absolute atomic E-state index is 0. The molecule has 19 heavy (non-hydrogen) atoms. The number of aromatic hydroxyl groups is 1. The second-order valence-corrected chi connectivity index (χ2v) is 6.14. The molecule has 0 saturated carbocycles. The Balaban J connectivity index is 0.00000133. The quantitative estimate of drug-likeness (QED) is 0.853. The van der Waals surface area contributed by atoms with E-state index in [1.807, 2.05) is 12.1 Å². The van der Waals surface area contributed by atoms with Gasteiger partial charge in [-0.3, -0.25) is 0 Å². The van der Waals surface area contributed by atoms with E-state index in [0.29, 0.717) is 17.7 Å². The zero-order chi connectivity index (χ0) is 12.9. The molecule has 0 amide bonds. The van der Waals surface area contributed by atoms with Crippen LogP contribution < -0.4 is 0 Å². The van der Waals surface area contributed by atoms with Gasteiger partial charge in [0.05, 0.1) is 0 Å². The second kappa shape index (κ2) is 4.99. The maximum Gasteiger partial charge on any atom is 0.115 e. The first-order chi connectivity index (χ1) is 8.58. The minimum Gasteiger partial charge on any atom is -0.508 e. The van der Waals surface area contributed by atoms with E-state index in [-0.39, 0.29) is 17.8 Å². The van der Waals surface area contributed by atoms with Crippen LogP contribution >= 0.6 is 12.4 Å². The molecule has 3 rings (SSSR count). The van der Waals surface area contributed by atoms with Crippen molar-refractivity contribution < 1.29 is 5.11 Å². The van der Waals surface area contributed by atoms with Gasteiger partial charge in [-0.25, -0.2) is 0 Å². The van der Waals surface area contributed by atoms with Gasteiger partial charge in [-0.1, -0.05) is 19.9 Å². The van der Waals surface area contributed by atoms with Gasteiger partial charge in [0.2, 0.25) is 0 Å². The van der Waals surface area contributed by atoms with Gasteiger partial charge in [-0.15, -0.1) is 12.4 Å². The fourth-order valence-corrected chi connectivity index (χ4v) is 4.35. The lowest BCUT2D eigenvalue weighted by molar-refractivity contribution is 0.0385. The molecule has 0 spiro atoms. The molecule has 2 nitrogen and oxygen atoms in total. The van der Waals surface area contributed by atoms with Crippen LogP contribution in [0.25, 0.3) is 0 Å². The summed E-state index contributed by atoms with van der Waals surface area (Å²) >= 11 is 0. The van der Waals surface area contributed by atoms with Gasteiger partial charge in [-0.05, 0) is 62.0 Å². The molecule has 0 radical (unpaired) electrons. The van der Waals surface area contributed by atoms with Crippen LogP contribution in [0.1, 0.15) is 37.8 Å². The summed E-state index contributed by atoms with van der Waals surface area (Å²) in [5.74, 6) is 1.10. The monoisotopic (exact) mass is 281 g/mol. The molecule has 3 heteroatoms. The predicted octanol–water partition coefficient (Wildman–Crippen LogP) is 3.36. The van der Waals surface area contributed by atoms with Crippen molar-refractivity contribution in [3.63, 3.8) is 0 Å². The molecule has 1 aliphatic carbocycles. The van der Waals surface area contributed by atoms with Crippen LogP contribution in [-0.2, 0) is 11.8 Å². The van der Waals surface area contributed by atoms with E-state index in [1.54, 1.807) is 0 Å². The van der Waals surface area contributed by atoms with Crippen molar-refractivity contribution in [3.05, 3.63) is 29.3 Å². The molecule has 1 heterocycles. The number of rotatable bonds is 1. The summed E-state index contributed by atoms with van der Waals surface area (Å²) in [6.07, 6.45) is 3.53. The molecule has 2 bridgehead atoms. The zero-order valence-electron chi connectivity index (χ0n) is 12.0. The largest absolute Gasteiger partial charge is 0.508 e. The summed E-state index contributed by atoms with van der Waals surface area (Å²) in [5.41, 5.74) is 3.15. The molecule has 1 aromatic carbocycles. The van der Waals surface area contributed by atoms with Crippen molar-refractivity contribution in [3.8, 4) is 5.75 Å². The number of phenols is 1. The van der Waals surface area contributed by atoms with E-state index in [0.717, 1.165) is 6.42 Å². The smallest absolute Gasteiger partial charge is 0.115 e. The highest BCUT2D eigenvalue weighted by molar-refractivity contribution is 5.85. The van der Waals surface area contributed by atoms with Gasteiger partial charge >= 0.3 is 0 Å². The maximum absolute atomic E-state index is 9.82. The molecule has 0 aromatic heterocycles. The Morgan fingerprint density at radius 1 is 1.42 bits per heavy atom. The number of hydrogen-bond donors (Lipinski definition) is 1. The third-order valence-electron chi connectivity index (χ3n) is 5.62. The Morgan fingerprint density at radius 2 is 2.16 bits per heavy atom. The van der Waals surface area contributed by atoms with Crippen LogP contribution in [0.3, 0.4) is 0 Å². The molecule has 1 saturated heterocycles. The fraction of sp³-hybridized carbons (Fsp3) is 0.625. The van der Waals surface area contributed by atoms with Crippen molar-refractivity contribution >= 4 is 12.4 Å². The highest BCUT2D eigenvalue weighted by Gasteiger charge is 2.49. The SMILES string of the molecule is CC[C@@]12CCN(C)[C@@H](Cc3ccc(O)cc31)C2C.Cl. The molecule has 2 aliphatic rings. The van der Waals surface area contributed by atoms with E-state index in [2.05, 4.69) is 31.9 Å². The number of likely N-dealkylation sites (N-methyl/N-ethyl adjacent to an activating group) is 1. The van der Waals surface area contributed by atoms with E-state index in [9.17, 15) is 5.11 Å². The molecular weight excluding hydrogens is 258 g/mol. The number of likely N-dealkylation sites (tertiary alicyclic amines) is 1. The first kappa shape index (κ1) is 14.7. The third-order valence-corrected chi connectivity index (χ3v) is 5.62. The molecule has 1 aromatic rings. The lowest BCUT2D eigenvalue weighted by Crippen LogP contribution is -2.57. The highest BCUT2D eigenvalue weighted by Crippen LogP contribution is 2.50. The van der Waals surface area contributed by atoms with Crippen LogP contribution in [0, 0.1) is 5.92 Å². The standard InChI is InChI=1S/C16H23NO.ClH/c1-4-16-7-8-17(3)15(11(16)2)9-12-5-6-13(18)10-14(12)16;/h5-6,10-11,15,18H,4,7-9H2,1-3H3;1H/t11?,15-,16-;/m0./s1. The Morgan fingerprint density at radius 3 is 2.84 bits per heavy atom. The number of fused-ring (bicyclic) bond motifs is 4. The van der Waals surface area contributed by atoms with Crippen molar-refractivity contribution in [2.45, 2.75) is 44.6 Å². The molecule has 106 valence electrons. The van der Waals surface area contributed by atoms with Gasteiger partial charge in [0.25, 0.3) is 0 Å². The Labute approximate surface area is 122 Å². The number of phenolic OH excluding ortho intramolecular Hbond substituents is 1. The fourth-order valence-electron chi connectivity index (χ4n) is 4.35. The van der Waals surface area contributed by atoms with E-state index < -0.39 is 0 Å². The van der Waals surface area contributed by atoms with Crippen molar-refractivity contribution in [1.29, 1.82) is 0 Å². The number of halogens is 1. The molecule has 1 unspecified atom stereocenters. The topological polar surface area (TPSA) is 23.5 Å². The average molecular weight is 282 g/mol. The van der Waals surface area contributed by atoms with Crippen molar-refractivity contribution in [2.24, 2.45) is 5.92 Å². The first-order valence-electron chi connectivity index (χ1n) is 7.11. The summed E-state index contributed by atoms with van der Waals surface area (Å²) in [6, 6.07) is 6.66. The number of piperidine rings is 1. The maximum atomic E-state index is 9.82. The first-order valence-corrected chi connectivity index (χ1v) is 7.11.